The molecule has 0 atom stereocenters. The molecule has 6 nitrogen and oxygen atoms in total. The number of hydrogen-bond donors (Lipinski definition) is 1. The average molecular weight is 431 g/mol. The molecule has 0 radical (unpaired) electrons. The van der Waals surface area contributed by atoms with E-state index in [9.17, 15) is 9.59 Å². The van der Waals surface area contributed by atoms with Gasteiger partial charge in [-0.05, 0) is 24.3 Å². The summed E-state index contributed by atoms with van der Waals surface area (Å²) in [5.41, 5.74) is 0.397. The molecule has 0 bridgehead atoms. The molecule has 1 aliphatic rings. The second-order valence-electron chi connectivity index (χ2n) is 5.55. The zero-order valence-electron chi connectivity index (χ0n) is 13.9. The van der Waals surface area contributed by atoms with Gasteiger partial charge in [0.1, 0.15) is 0 Å². The Morgan fingerprint density at radius 1 is 1.00 bits per heavy atom. The van der Waals surface area contributed by atoms with Gasteiger partial charge in [-0.2, -0.15) is 0 Å². The lowest BCUT2D eigenvalue weighted by molar-refractivity contribution is -0.119. The molecule has 1 amide bonds. The first-order valence-electron chi connectivity index (χ1n) is 7.96. The molecule has 1 N–H and O–H groups in total. The zero-order chi connectivity index (χ0) is 19.4. The lowest BCUT2D eigenvalue weighted by atomic mass is 10.2. The number of amides is 1. The van der Waals surface area contributed by atoms with Crippen LogP contribution < -0.4 is 14.8 Å². The Labute approximate surface area is 170 Å². The van der Waals surface area contributed by atoms with Crippen molar-refractivity contribution in [2.24, 2.45) is 0 Å². The van der Waals surface area contributed by atoms with E-state index in [0.717, 1.165) is 6.42 Å². The van der Waals surface area contributed by atoms with Crippen molar-refractivity contribution in [3.8, 4) is 11.5 Å². The molecule has 27 heavy (non-hydrogen) atoms. The largest absolute Gasteiger partial charge is 0.490 e. The topological polar surface area (TPSA) is 73.9 Å². The van der Waals surface area contributed by atoms with E-state index in [-0.39, 0.29) is 20.6 Å². The highest BCUT2D eigenvalue weighted by Crippen LogP contribution is 2.33. The Bertz CT molecular complexity index is 888. The summed E-state index contributed by atoms with van der Waals surface area (Å²) < 4.78 is 16.1. The summed E-state index contributed by atoms with van der Waals surface area (Å²) in [5, 5.41) is 2.82. The molecule has 0 aromatic heterocycles. The van der Waals surface area contributed by atoms with Crippen LogP contribution in [0.2, 0.25) is 15.1 Å². The monoisotopic (exact) mass is 429 g/mol. The first-order valence-corrected chi connectivity index (χ1v) is 9.09. The molecule has 0 aliphatic carbocycles. The minimum Gasteiger partial charge on any atom is -0.490 e. The summed E-state index contributed by atoms with van der Waals surface area (Å²) in [7, 11) is 0. The quantitative estimate of drug-likeness (QED) is 0.567. The molecule has 2 aromatic carbocycles. The molecule has 3 rings (SSSR count). The predicted octanol–water partition coefficient (Wildman–Crippen LogP) is 4.60. The molecule has 0 saturated heterocycles. The van der Waals surface area contributed by atoms with Crippen LogP contribution in [0.15, 0.2) is 30.3 Å². The number of carbonyl (C=O) groups is 2. The van der Waals surface area contributed by atoms with E-state index in [1.807, 2.05) is 0 Å². The van der Waals surface area contributed by atoms with E-state index in [1.54, 1.807) is 18.2 Å². The minimum absolute atomic E-state index is 0.0301. The van der Waals surface area contributed by atoms with Crippen molar-refractivity contribution in [3.05, 3.63) is 51.0 Å². The molecule has 9 heteroatoms. The number of fused-ring (bicyclic) bond motifs is 1. The van der Waals surface area contributed by atoms with Crippen molar-refractivity contribution < 1.29 is 23.8 Å². The van der Waals surface area contributed by atoms with Crippen LogP contribution in [0, 0.1) is 0 Å². The Morgan fingerprint density at radius 2 is 1.70 bits per heavy atom. The highest BCUT2D eigenvalue weighted by Gasteiger charge is 2.20. The van der Waals surface area contributed by atoms with Crippen LogP contribution in [-0.2, 0) is 9.53 Å². The highest BCUT2D eigenvalue weighted by molar-refractivity contribution is 6.46. The van der Waals surface area contributed by atoms with Gasteiger partial charge in [0.05, 0.1) is 33.8 Å². The number of benzene rings is 2. The number of esters is 1. The van der Waals surface area contributed by atoms with E-state index in [2.05, 4.69) is 5.32 Å². The molecule has 142 valence electrons. The maximum Gasteiger partial charge on any atom is 0.341 e. The third-order valence-corrected chi connectivity index (χ3v) is 4.73. The van der Waals surface area contributed by atoms with Gasteiger partial charge >= 0.3 is 5.97 Å². The molecule has 0 fully saturated rings. The fourth-order valence-corrected chi connectivity index (χ4v) is 3.04. The van der Waals surface area contributed by atoms with Gasteiger partial charge in [0.25, 0.3) is 5.91 Å². The van der Waals surface area contributed by atoms with Gasteiger partial charge in [0.2, 0.25) is 0 Å². The van der Waals surface area contributed by atoms with Crippen LogP contribution in [0.25, 0.3) is 0 Å². The Balaban J connectivity index is 1.61. The van der Waals surface area contributed by atoms with E-state index >= 15 is 0 Å². The van der Waals surface area contributed by atoms with Crippen LogP contribution >= 0.6 is 34.8 Å². The summed E-state index contributed by atoms with van der Waals surface area (Å²) >= 11 is 17.8. The first-order chi connectivity index (χ1) is 13.0. The standard InChI is InChI=1S/C18H14Cl3NO5/c19-11-3-4-12(20)17(21)16(11)18(24)27-9-15(23)22-10-2-5-13-14(8-10)26-7-1-6-25-13/h2-5,8H,1,6-7,9H2,(H,22,23). The fraction of sp³-hybridized carbons (Fsp3) is 0.222. The summed E-state index contributed by atoms with van der Waals surface area (Å²) in [6.45, 7) is 0.582. The van der Waals surface area contributed by atoms with Gasteiger partial charge in [-0.1, -0.05) is 34.8 Å². The zero-order valence-corrected chi connectivity index (χ0v) is 16.2. The van der Waals surface area contributed by atoms with Crippen molar-refractivity contribution in [1.29, 1.82) is 0 Å². The third kappa shape index (κ3) is 4.77. The summed E-state index contributed by atoms with van der Waals surface area (Å²) in [5.74, 6) is -0.227. The van der Waals surface area contributed by atoms with Gasteiger partial charge in [0.15, 0.2) is 18.1 Å². The number of nitrogens with one attached hydrogen (secondary N) is 1. The van der Waals surface area contributed by atoms with Crippen molar-refractivity contribution in [2.45, 2.75) is 6.42 Å². The molecule has 0 saturated carbocycles. The second-order valence-corrected chi connectivity index (χ2v) is 6.75. The lowest BCUT2D eigenvalue weighted by Crippen LogP contribution is -2.21. The van der Waals surface area contributed by atoms with Crippen molar-refractivity contribution >= 4 is 52.4 Å². The molecule has 0 unspecified atom stereocenters. The predicted molar refractivity (Wildman–Crippen MR) is 102 cm³/mol. The number of anilines is 1. The number of ether oxygens (including phenoxy) is 3. The van der Waals surface area contributed by atoms with Crippen LogP contribution in [0.4, 0.5) is 5.69 Å². The number of carbonyl (C=O) groups excluding carboxylic acids is 2. The molecule has 2 aromatic rings. The summed E-state index contributed by atoms with van der Waals surface area (Å²) in [6.07, 6.45) is 0.779. The van der Waals surface area contributed by atoms with Gasteiger partial charge in [-0.15, -0.1) is 0 Å². The molecule has 1 heterocycles. The molecular weight excluding hydrogens is 417 g/mol. The van der Waals surface area contributed by atoms with Gasteiger partial charge in [0, 0.05) is 18.2 Å². The van der Waals surface area contributed by atoms with Crippen molar-refractivity contribution in [2.75, 3.05) is 25.1 Å². The van der Waals surface area contributed by atoms with Crippen molar-refractivity contribution in [1.82, 2.24) is 0 Å². The Hall–Kier alpha value is -2.15. The highest BCUT2D eigenvalue weighted by atomic mass is 35.5. The van der Waals surface area contributed by atoms with E-state index in [0.29, 0.717) is 30.4 Å². The number of rotatable bonds is 4. The number of hydrogen-bond acceptors (Lipinski definition) is 5. The van der Waals surface area contributed by atoms with E-state index in [4.69, 9.17) is 49.0 Å². The van der Waals surface area contributed by atoms with E-state index < -0.39 is 18.5 Å². The first kappa shape index (κ1) is 19.6. The summed E-state index contributed by atoms with van der Waals surface area (Å²) in [4.78, 5) is 24.2. The SMILES string of the molecule is O=C(COC(=O)c1c(Cl)ccc(Cl)c1Cl)Nc1ccc2c(c1)OCCCO2. The second kappa shape index (κ2) is 8.69. The minimum atomic E-state index is -0.846. The maximum atomic E-state index is 12.2. The fourth-order valence-electron chi connectivity index (χ4n) is 2.36. The maximum absolute atomic E-state index is 12.2. The average Bonchev–Trinajstić information content (AvgIpc) is 2.88. The third-order valence-electron chi connectivity index (χ3n) is 3.61. The van der Waals surface area contributed by atoms with E-state index in [1.165, 1.54) is 12.1 Å². The van der Waals surface area contributed by atoms with Gasteiger partial charge in [-0.25, -0.2) is 4.79 Å². The van der Waals surface area contributed by atoms with Gasteiger partial charge < -0.3 is 19.5 Å². The van der Waals surface area contributed by atoms with Crippen LogP contribution in [-0.4, -0.2) is 31.7 Å². The van der Waals surface area contributed by atoms with Crippen LogP contribution in [0.1, 0.15) is 16.8 Å². The lowest BCUT2D eigenvalue weighted by Gasteiger charge is -2.11. The normalized spacial score (nSPS) is 12.9. The van der Waals surface area contributed by atoms with Crippen molar-refractivity contribution in [3.63, 3.8) is 0 Å². The Kier molecular flexibility index (Phi) is 6.31. The van der Waals surface area contributed by atoms with Crippen LogP contribution in [0.5, 0.6) is 11.5 Å². The molecule has 0 spiro atoms. The van der Waals surface area contributed by atoms with Gasteiger partial charge in [-0.3, -0.25) is 4.79 Å². The Morgan fingerprint density at radius 3 is 2.48 bits per heavy atom. The molecular formula is C18H14Cl3NO5. The molecule has 1 aliphatic heterocycles. The number of halogens is 3. The smallest absolute Gasteiger partial charge is 0.341 e. The summed E-state index contributed by atoms with van der Waals surface area (Å²) in [6, 6.07) is 7.89. The van der Waals surface area contributed by atoms with Crippen LogP contribution in [0.3, 0.4) is 0 Å².